The van der Waals surface area contributed by atoms with Crippen molar-refractivity contribution in [2.24, 2.45) is 7.05 Å². The summed E-state index contributed by atoms with van der Waals surface area (Å²) >= 11 is 1.57. The van der Waals surface area contributed by atoms with Crippen molar-refractivity contribution in [3.05, 3.63) is 90.1 Å². The summed E-state index contributed by atoms with van der Waals surface area (Å²) in [6.45, 7) is 4.24. The Morgan fingerprint density at radius 1 is 0.812 bits per heavy atom. The van der Waals surface area contributed by atoms with Crippen LogP contribution in [0.25, 0.3) is 22.0 Å². The second kappa shape index (κ2) is 8.48. The molecule has 6 heteroatoms. The third-order valence-electron chi connectivity index (χ3n) is 5.45. The van der Waals surface area contributed by atoms with E-state index in [4.69, 9.17) is 9.97 Å². The van der Waals surface area contributed by atoms with Gasteiger partial charge in [-0.1, -0.05) is 48.5 Å². The molecule has 0 amide bonds. The molecule has 0 spiro atoms. The van der Waals surface area contributed by atoms with Crippen molar-refractivity contribution in [2.75, 3.05) is 5.32 Å². The molecule has 5 nitrogen and oxygen atoms in total. The van der Waals surface area contributed by atoms with E-state index in [1.165, 1.54) is 21.9 Å². The van der Waals surface area contributed by atoms with Crippen molar-refractivity contribution in [3.8, 4) is 11.3 Å². The molecule has 0 saturated carbocycles. The van der Waals surface area contributed by atoms with Crippen LogP contribution in [0.3, 0.4) is 0 Å². The lowest BCUT2D eigenvalue weighted by Gasteiger charge is -2.13. The number of hydrogen-bond donors (Lipinski definition) is 1. The molecule has 1 N–H and O–H groups in total. The van der Waals surface area contributed by atoms with Gasteiger partial charge in [-0.05, 0) is 59.6 Å². The van der Waals surface area contributed by atoms with Gasteiger partial charge in [0.2, 0.25) is 0 Å². The summed E-state index contributed by atoms with van der Waals surface area (Å²) in [5, 5.41) is 10.8. The van der Waals surface area contributed by atoms with Crippen molar-refractivity contribution in [1.29, 1.82) is 0 Å². The number of aryl methyl sites for hydroxylation is 3. The molecule has 0 unspecified atom stereocenters. The van der Waals surface area contributed by atoms with Crippen molar-refractivity contribution < 1.29 is 0 Å². The van der Waals surface area contributed by atoms with Gasteiger partial charge in [0.25, 0.3) is 0 Å². The van der Waals surface area contributed by atoms with Crippen LogP contribution in [0, 0.1) is 13.8 Å². The van der Waals surface area contributed by atoms with Crippen molar-refractivity contribution >= 4 is 34.2 Å². The predicted octanol–water partition coefficient (Wildman–Crippen LogP) is 6.54. The maximum Gasteiger partial charge on any atom is 0.194 e. The first kappa shape index (κ1) is 20.3. The number of rotatable bonds is 5. The quantitative estimate of drug-likeness (QED) is 0.316. The standard InChI is InChI=1S/C26H23N5S/c1-17-7-6-8-18(2)25(17)22-16-23(29-24-13-14-27-31(24)3)30-26(28-22)32-21-12-11-19-9-4-5-10-20(19)15-21/h4-16H,1-3H3,(H,28,29,30). The fourth-order valence-electron chi connectivity index (χ4n) is 3.85. The van der Waals surface area contributed by atoms with Gasteiger partial charge < -0.3 is 5.32 Å². The van der Waals surface area contributed by atoms with Crippen LogP contribution in [0.2, 0.25) is 0 Å². The van der Waals surface area contributed by atoms with Gasteiger partial charge in [0.15, 0.2) is 5.16 Å². The Bertz CT molecular complexity index is 1400. The smallest absolute Gasteiger partial charge is 0.194 e. The van der Waals surface area contributed by atoms with Crippen molar-refractivity contribution in [1.82, 2.24) is 19.7 Å². The normalized spacial score (nSPS) is 11.1. The summed E-state index contributed by atoms with van der Waals surface area (Å²) in [5.41, 5.74) is 4.43. The Labute approximate surface area is 191 Å². The SMILES string of the molecule is Cc1cccc(C)c1-c1cc(Nc2ccnn2C)nc(Sc2ccc3ccccc3c2)n1. The number of benzene rings is 3. The zero-order valence-corrected chi connectivity index (χ0v) is 19.0. The highest BCUT2D eigenvalue weighted by Gasteiger charge is 2.13. The minimum Gasteiger partial charge on any atom is -0.325 e. The molecule has 0 aliphatic carbocycles. The molecule has 2 heterocycles. The van der Waals surface area contributed by atoms with Gasteiger partial charge in [-0.2, -0.15) is 5.10 Å². The summed E-state index contributed by atoms with van der Waals surface area (Å²) in [6, 6.07) is 25.1. The van der Waals surface area contributed by atoms with Gasteiger partial charge in [-0.25, -0.2) is 9.97 Å². The number of nitrogens with one attached hydrogen (secondary N) is 1. The molecule has 3 aromatic carbocycles. The van der Waals surface area contributed by atoms with E-state index in [2.05, 4.69) is 84.9 Å². The largest absolute Gasteiger partial charge is 0.325 e. The van der Waals surface area contributed by atoms with E-state index in [1.807, 2.05) is 19.2 Å². The average molecular weight is 438 g/mol. The molecule has 0 fully saturated rings. The lowest BCUT2D eigenvalue weighted by atomic mass is 10.00. The zero-order chi connectivity index (χ0) is 22.1. The molecule has 0 aliphatic heterocycles. The van der Waals surface area contributed by atoms with E-state index in [-0.39, 0.29) is 0 Å². The maximum atomic E-state index is 4.94. The van der Waals surface area contributed by atoms with Crippen molar-refractivity contribution in [3.63, 3.8) is 0 Å². The fraction of sp³-hybridized carbons (Fsp3) is 0.115. The molecule has 0 bridgehead atoms. The van der Waals surface area contributed by atoms with E-state index < -0.39 is 0 Å². The van der Waals surface area contributed by atoms with Crippen LogP contribution in [0.15, 0.2) is 89.0 Å². The number of anilines is 2. The molecule has 158 valence electrons. The fourth-order valence-corrected chi connectivity index (χ4v) is 4.67. The predicted molar refractivity (Wildman–Crippen MR) is 132 cm³/mol. The van der Waals surface area contributed by atoms with E-state index >= 15 is 0 Å². The molecule has 0 atom stereocenters. The van der Waals surface area contributed by atoms with Crippen LogP contribution < -0.4 is 5.32 Å². The number of nitrogens with zero attached hydrogens (tertiary/aromatic N) is 4. The third kappa shape index (κ3) is 4.09. The Balaban J connectivity index is 1.58. The van der Waals surface area contributed by atoms with Gasteiger partial charge in [0.05, 0.1) is 11.9 Å². The van der Waals surface area contributed by atoms with Gasteiger partial charge >= 0.3 is 0 Å². The van der Waals surface area contributed by atoms with Crippen LogP contribution in [0.4, 0.5) is 11.6 Å². The maximum absolute atomic E-state index is 4.94. The summed E-state index contributed by atoms with van der Waals surface area (Å²) in [4.78, 5) is 10.9. The monoisotopic (exact) mass is 437 g/mol. The molecule has 5 rings (SSSR count). The first-order valence-electron chi connectivity index (χ1n) is 10.4. The third-order valence-corrected chi connectivity index (χ3v) is 6.30. The molecule has 0 radical (unpaired) electrons. The van der Waals surface area contributed by atoms with Crippen LogP contribution in [0.5, 0.6) is 0 Å². The molecule has 0 saturated heterocycles. The highest BCUT2D eigenvalue weighted by Crippen LogP contribution is 2.33. The van der Waals surface area contributed by atoms with Crippen molar-refractivity contribution in [2.45, 2.75) is 23.9 Å². The Hall–Kier alpha value is -3.64. The molecule has 32 heavy (non-hydrogen) atoms. The Kier molecular flexibility index (Phi) is 5.37. The highest BCUT2D eigenvalue weighted by molar-refractivity contribution is 7.99. The van der Waals surface area contributed by atoms with Crippen LogP contribution in [-0.4, -0.2) is 19.7 Å². The summed E-state index contributed by atoms with van der Waals surface area (Å²) in [7, 11) is 1.90. The highest BCUT2D eigenvalue weighted by atomic mass is 32.2. The van der Waals surface area contributed by atoms with Gasteiger partial charge in [0.1, 0.15) is 11.6 Å². The van der Waals surface area contributed by atoms with E-state index in [1.54, 1.807) is 22.6 Å². The molecule has 0 aliphatic rings. The Morgan fingerprint density at radius 2 is 1.59 bits per heavy atom. The first-order chi connectivity index (χ1) is 15.6. The summed E-state index contributed by atoms with van der Waals surface area (Å²) < 4.78 is 1.79. The van der Waals surface area contributed by atoms with E-state index in [0.717, 1.165) is 27.8 Å². The second-order valence-corrected chi connectivity index (χ2v) is 8.80. The number of fused-ring (bicyclic) bond motifs is 1. The summed E-state index contributed by atoms with van der Waals surface area (Å²) in [5.74, 6) is 1.61. The zero-order valence-electron chi connectivity index (χ0n) is 18.2. The molecule has 5 aromatic rings. The lowest BCUT2D eigenvalue weighted by Crippen LogP contribution is -2.03. The molecule has 2 aromatic heterocycles. The molecular weight excluding hydrogens is 414 g/mol. The van der Waals surface area contributed by atoms with Gasteiger partial charge in [-0.3, -0.25) is 4.68 Å². The number of hydrogen-bond acceptors (Lipinski definition) is 5. The van der Waals surface area contributed by atoms with Crippen LogP contribution in [0.1, 0.15) is 11.1 Å². The van der Waals surface area contributed by atoms with Gasteiger partial charge in [0, 0.05) is 29.6 Å². The van der Waals surface area contributed by atoms with E-state index in [9.17, 15) is 0 Å². The number of aromatic nitrogens is 4. The minimum absolute atomic E-state index is 0.699. The summed E-state index contributed by atoms with van der Waals surface area (Å²) in [6.07, 6.45) is 1.76. The minimum atomic E-state index is 0.699. The average Bonchev–Trinajstić information content (AvgIpc) is 3.18. The van der Waals surface area contributed by atoms with Crippen LogP contribution in [-0.2, 0) is 7.05 Å². The Morgan fingerprint density at radius 3 is 2.34 bits per heavy atom. The first-order valence-corrected chi connectivity index (χ1v) is 11.3. The molecular formula is C26H23N5S. The van der Waals surface area contributed by atoms with Crippen LogP contribution >= 0.6 is 11.8 Å². The lowest BCUT2D eigenvalue weighted by molar-refractivity contribution is 0.775. The van der Waals surface area contributed by atoms with Gasteiger partial charge in [-0.15, -0.1) is 0 Å². The topological polar surface area (TPSA) is 55.6 Å². The van der Waals surface area contributed by atoms with E-state index in [0.29, 0.717) is 5.16 Å². The second-order valence-electron chi connectivity index (χ2n) is 7.76.